The molecule has 0 fully saturated rings. The Morgan fingerprint density at radius 3 is 2.84 bits per heavy atom. The van der Waals surface area contributed by atoms with E-state index in [-0.39, 0.29) is 11.9 Å². The standard InChI is InChI=1S/C19H17BrClN3O/c1-11-6-17(23-10-18(11)22-3)12(2)24-5-4-14-15(19(24)25)7-13(9-21)8-16(14)20/h6-8,10,12H,4-5,9H2,1-2H3. The summed E-state index contributed by atoms with van der Waals surface area (Å²) >= 11 is 9.51. The van der Waals surface area contributed by atoms with E-state index < -0.39 is 0 Å². The Balaban J connectivity index is 1.95. The van der Waals surface area contributed by atoms with Gasteiger partial charge in [-0.05, 0) is 55.2 Å². The third kappa shape index (κ3) is 3.29. The van der Waals surface area contributed by atoms with E-state index in [1.807, 2.05) is 36.9 Å². The van der Waals surface area contributed by atoms with Crippen LogP contribution < -0.4 is 0 Å². The number of carbonyl (C=O) groups excluding carboxylic acids is 1. The third-order valence-corrected chi connectivity index (χ3v) is 5.64. The van der Waals surface area contributed by atoms with Crippen molar-refractivity contribution in [1.82, 2.24) is 9.88 Å². The van der Waals surface area contributed by atoms with Gasteiger partial charge in [0.15, 0.2) is 0 Å². The number of hydrogen-bond acceptors (Lipinski definition) is 2. The lowest BCUT2D eigenvalue weighted by atomic mass is 9.95. The summed E-state index contributed by atoms with van der Waals surface area (Å²) < 4.78 is 0.941. The Kier molecular flexibility index (Phi) is 5.12. The summed E-state index contributed by atoms with van der Waals surface area (Å²) in [5.41, 5.74) is 4.89. The van der Waals surface area contributed by atoms with E-state index in [1.165, 1.54) is 0 Å². The molecule has 1 atom stereocenters. The second kappa shape index (κ2) is 7.15. The van der Waals surface area contributed by atoms with Gasteiger partial charge in [0.05, 0.1) is 18.3 Å². The van der Waals surface area contributed by atoms with Crippen LogP contribution in [-0.4, -0.2) is 22.3 Å². The fourth-order valence-corrected chi connectivity index (χ4v) is 4.01. The lowest BCUT2D eigenvalue weighted by Gasteiger charge is -2.34. The molecule has 3 rings (SSSR count). The minimum absolute atomic E-state index is 0.00451. The van der Waals surface area contributed by atoms with Gasteiger partial charge in [0.2, 0.25) is 5.69 Å². The van der Waals surface area contributed by atoms with Gasteiger partial charge in [0.25, 0.3) is 5.91 Å². The molecule has 6 heteroatoms. The van der Waals surface area contributed by atoms with Gasteiger partial charge < -0.3 is 4.90 Å². The van der Waals surface area contributed by atoms with Crippen molar-refractivity contribution in [3.05, 3.63) is 68.2 Å². The Bertz CT molecular complexity index is 891. The quantitative estimate of drug-likeness (QED) is 0.507. The lowest BCUT2D eigenvalue weighted by molar-refractivity contribution is 0.0668. The molecule has 0 saturated carbocycles. The predicted molar refractivity (Wildman–Crippen MR) is 102 cm³/mol. The fourth-order valence-electron chi connectivity index (χ4n) is 3.15. The minimum Gasteiger partial charge on any atom is -0.330 e. The molecule has 0 bridgehead atoms. The molecule has 25 heavy (non-hydrogen) atoms. The molecule has 0 N–H and O–H groups in total. The Morgan fingerprint density at radius 1 is 1.44 bits per heavy atom. The van der Waals surface area contributed by atoms with Crippen LogP contribution in [-0.2, 0) is 12.3 Å². The van der Waals surface area contributed by atoms with Gasteiger partial charge >= 0.3 is 0 Å². The van der Waals surface area contributed by atoms with Gasteiger partial charge in [-0.3, -0.25) is 9.78 Å². The Labute approximate surface area is 160 Å². The number of aromatic nitrogens is 1. The summed E-state index contributed by atoms with van der Waals surface area (Å²) in [4.78, 5) is 22.7. The van der Waals surface area contributed by atoms with Crippen molar-refractivity contribution in [3.63, 3.8) is 0 Å². The van der Waals surface area contributed by atoms with Crippen LogP contribution in [0.5, 0.6) is 0 Å². The number of rotatable bonds is 3. The average Bonchev–Trinajstić information content (AvgIpc) is 2.61. The van der Waals surface area contributed by atoms with Crippen LogP contribution >= 0.6 is 27.5 Å². The highest BCUT2D eigenvalue weighted by molar-refractivity contribution is 9.10. The summed E-state index contributed by atoms with van der Waals surface area (Å²) in [6.45, 7) is 11.6. The van der Waals surface area contributed by atoms with Crippen molar-refractivity contribution in [2.75, 3.05) is 6.54 Å². The maximum absolute atomic E-state index is 13.0. The zero-order chi connectivity index (χ0) is 18.1. The fraction of sp³-hybridized carbons (Fsp3) is 0.316. The lowest BCUT2D eigenvalue weighted by Crippen LogP contribution is -2.39. The molecule has 1 aromatic carbocycles. The van der Waals surface area contributed by atoms with E-state index in [0.29, 0.717) is 23.7 Å². The number of aryl methyl sites for hydroxylation is 1. The van der Waals surface area contributed by atoms with Crippen LogP contribution in [0.15, 0.2) is 28.9 Å². The molecule has 2 aromatic rings. The van der Waals surface area contributed by atoms with E-state index in [9.17, 15) is 4.79 Å². The van der Waals surface area contributed by atoms with E-state index in [2.05, 4.69) is 25.8 Å². The monoisotopic (exact) mass is 417 g/mol. The first-order valence-electron chi connectivity index (χ1n) is 7.98. The molecule has 0 saturated heterocycles. The maximum atomic E-state index is 13.0. The highest BCUT2D eigenvalue weighted by atomic mass is 79.9. The zero-order valence-corrected chi connectivity index (χ0v) is 16.4. The number of nitrogens with zero attached hydrogens (tertiary/aromatic N) is 3. The van der Waals surface area contributed by atoms with Gasteiger partial charge in [-0.2, -0.15) is 0 Å². The second-order valence-electron chi connectivity index (χ2n) is 6.17. The summed E-state index contributed by atoms with van der Waals surface area (Å²) in [6.07, 6.45) is 2.37. The van der Waals surface area contributed by atoms with Crippen LogP contribution in [0.1, 0.15) is 45.7 Å². The summed E-state index contributed by atoms with van der Waals surface area (Å²) in [5.74, 6) is 0.364. The number of benzene rings is 1. The molecular weight excluding hydrogens is 402 g/mol. The van der Waals surface area contributed by atoms with E-state index in [4.69, 9.17) is 18.2 Å². The summed E-state index contributed by atoms with van der Waals surface area (Å²) in [7, 11) is 0. The van der Waals surface area contributed by atoms with Crippen LogP contribution in [0.3, 0.4) is 0 Å². The van der Waals surface area contributed by atoms with Crippen LogP contribution in [0.2, 0.25) is 0 Å². The number of carbonyl (C=O) groups is 1. The SMILES string of the molecule is [C-]#[N+]c1cnc(C(C)N2CCc3c(Br)cc(CCl)cc3C2=O)cc1C. The van der Waals surface area contributed by atoms with Gasteiger partial charge in [-0.25, -0.2) is 4.85 Å². The molecule has 0 radical (unpaired) electrons. The maximum Gasteiger partial charge on any atom is 0.254 e. The van der Waals surface area contributed by atoms with E-state index in [1.54, 1.807) is 6.20 Å². The van der Waals surface area contributed by atoms with Crippen molar-refractivity contribution in [2.24, 2.45) is 0 Å². The molecule has 1 aliphatic rings. The van der Waals surface area contributed by atoms with Crippen molar-refractivity contribution in [3.8, 4) is 0 Å². The van der Waals surface area contributed by atoms with Crippen LogP contribution in [0.25, 0.3) is 4.85 Å². The van der Waals surface area contributed by atoms with Crippen molar-refractivity contribution in [1.29, 1.82) is 0 Å². The topological polar surface area (TPSA) is 37.6 Å². The molecule has 1 unspecified atom stereocenters. The predicted octanol–water partition coefficient (Wildman–Crippen LogP) is 5.20. The molecule has 1 aliphatic heterocycles. The number of pyridine rings is 1. The van der Waals surface area contributed by atoms with Crippen LogP contribution in [0, 0.1) is 13.5 Å². The second-order valence-corrected chi connectivity index (χ2v) is 7.29. The first kappa shape index (κ1) is 17.9. The molecule has 0 aliphatic carbocycles. The number of fused-ring (bicyclic) bond motifs is 1. The van der Waals surface area contributed by atoms with Crippen molar-refractivity contribution >= 4 is 39.1 Å². The smallest absolute Gasteiger partial charge is 0.254 e. The number of amides is 1. The summed E-state index contributed by atoms with van der Waals surface area (Å²) in [5, 5.41) is 0. The Morgan fingerprint density at radius 2 is 2.20 bits per heavy atom. The van der Waals surface area contributed by atoms with Crippen LogP contribution in [0.4, 0.5) is 5.69 Å². The average molecular weight is 419 g/mol. The highest BCUT2D eigenvalue weighted by Gasteiger charge is 2.30. The van der Waals surface area contributed by atoms with Gasteiger partial charge in [0.1, 0.15) is 0 Å². The number of hydrogen-bond donors (Lipinski definition) is 0. The van der Waals surface area contributed by atoms with Crippen molar-refractivity contribution < 1.29 is 4.79 Å². The molecular formula is C19H17BrClN3O. The summed E-state index contributed by atoms with van der Waals surface area (Å²) in [6, 6.07) is 5.60. The van der Waals surface area contributed by atoms with Gasteiger partial charge in [-0.1, -0.05) is 15.9 Å². The molecule has 1 amide bonds. The van der Waals surface area contributed by atoms with Gasteiger partial charge in [-0.15, -0.1) is 11.6 Å². The Hall–Kier alpha value is -1.90. The van der Waals surface area contributed by atoms with Crippen molar-refractivity contribution in [2.45, 2.75) is 32.2 Å². The van der Waals surface area contributed by atoms with Gasteiger partial charge in [0, 0.05) is 28.7 Å². The largest absolute Gasteiger partial charge is 0.330 e. The highest BCUT2D eigenvalue weighted by Crippen LogP contribution is 2.33. The van der Waals surface area contributed by atoms with E-state index >= 15 is 0 Å². The first-order chi connectivity index (χ1) is 12.0. The number of halogens is 2. The molecule has 2 heterocycles. The van der Waals surface area contributed by atoms with E-state index in [0.717, 1.165) is 33.3 Å². The zero-order valence-electron chi connectivity index (χ0n) is 14.0. The molecule has 1 aromatic heterocycles. The third-order valence-electron chi connectivity index (χ3n) is 4.62. The molecule has 4 nitrogen and oxygen atoms in total. The molecule has 0 spiro atoms. The number of alkyl halides is 1. The normalized spacial score (nSPS) is 14.8. The minimum atomic E-state index is -0.155. The molecule has 128 valence electrons. The first-order valence-corrected chi connectivity index (χ1v) is 9.31.